The van der Waals surface area contributed by atoms with Crippen LogP contribution in [-0.4, -0.2) is 48.6 Å². The number of hydrogen-bond donors (Lipinski definition) is 1. The fourth-order valence-corrected chi connectivity index (χ4v) is 2.09. The minimum atomic E-state index is 0.00249. The van der Waals surface area contributed by atoms with Gasteiger partial charge in [0, 0.05) is 26.1 Å². The van der Waals surface area contributed by atoms with Gasteiger partial charge in [0.1, 0.15) is 5.75 Å². The molecule has 0 radical (unpaired) electrons. The summed E-state index contributed by atoms with van der Waals surface area (Å²) in [5, 5.41) is 9.69. The number of aromatic hydroxyl groups is 1. The number of benzene rings is 1. The first kappa shape index (κ1) is 13.1. The van der Waals surface area contributed by atoms with Crippen molar-refractivity contribution >= 4 is 5.78 Å². The first-order chi connectivity index (χ1) is 8.66. The highest BCUT2D eigenvalue weighted by molar-refractivity contribution is 5.98. The lowest BCUT2D eigenvalue weighted by molar-refractivity contribution is 0.0370. The zero-order valence-electron chi connectivity index (χ0n) is 10.7. The van der Waals surface area contributed by atoms with E-state index in [0.717, 1.165) is 38.4 Å². The fraction of sp³-hybridized carbons (Fsp3) is 0.500. The number of rotatable bonds is 4. The Morgan fingerprint density at radius 2 is 2.11 bits per heavy atom. The molecule has 0 amide bonds. The largest absolute Gasteiger partial charge is 0.507 e. The van der Waals surface area contributed by atoms with Crippen LogP contribution in [0.4, 0.5) is 0 Å². The molecule has 1 N–H and O–H groups in total. The molecular weight excluding hydrogens is 230 g/mol. The summed E-state index contributed by atoms with van der Waals surface area (Å²) in [6.07, 6.45) is 0.441. The molecule has 18 heavy (non-hydrogen) atoms. The summed E-state index contributed by atoms with van der Waals surface area (Å²) < 4.78 is 5.26. The number of phenolic OH excluding ortho intramolecular Hbond substituents is 1. The summed E-state index contributed by atoms with van der Waals surface area (Å²) in [7, 11) is 0. The zero-order valence-corrected chi connectivity index (χ0v) is 10.7. The van der Waals surface area contributed by atoms with Crippen LogP contribution in [0.25, 0.3) is 0 Å². The molecule has 1 aromatic carbocycles. The number of phenols is 1. The Bertz CT molecular complexity index is 425. The van der Waals surface area contributed by atoms with E-state index in [0.29, 0.717) is 12.0 Å². The number of hydrogen-bond acceptors (Lipinski definition) is 4. The van der Waals surface area contributed by atoms with Gasteiger partial charge in [0.15, 0.2) is 5.78 Å². The second-order valence-electron chi connectivity index (χ2n) is 4.65. The number of ketones is 1. The van der Waals surface area contributed by atoms with E-state index in [-0.39, 0.29) is 11.5 Å². The summed E-state index contributed by atoms with van der Waals surface area (Å²) >= 11 is 0. The molecule has 0 aromatic heterocycles. The van der Waals surface area contributed by atoms with Crippen LogP contribution < -0.4 is 0 Å². The Morgan fingerprint density at radius 3 is 2.83 bits per heavy atom. The van der Waals surface area contributed by atoms with Crippen molar-refractivity contribution in [2.75, 3.05) is 32.8 Å². The van der Waals surface area contributed by atoms with Crippen molar-refractivity contribution in [2.24, 2.45) is 0 Å². The molecule has 98 valence electrons. The third kappa shape index (κ3) is 3.31. The number of ether oxygens (including phenoxy) is 1. The van der Waals surface area contributed by atoms with Gasteiger partial charge in [-0.05, 0) is 19.1 Å². The van der Waals surface area contributed by atoms with Gasteiger partial charge in [0.2, 0.25) is 0 Å². The number of carbonyl (C=O) groups is 1. The van der Waals surface area contributed by atoms with Gasteiger partial charge in [-0.1, -0.05) is 11.6 Å². The molecule has 4 heteroatoms. The van der Waals surface area contributed by atoms with E-state index in [1.54, 1.807) is 18.2 Å². The van der Waals surface area contributed by atoms with Crippen molar-refractivity contribution in [3.8, 4) is 5.75 Å². The first-order valence-corrected chi connectivity index (χ1v) is 6.30. The Morgan fingerprint density at radius 1 is 1.39 bits per heavy atom. The second kappa shape index (κ2) is 5.98. The first-order valence-electron chi connectivity index (χ1n) is 6.30. The van der Waals surface area contributed by atoms with Gasteiger partial charge in [0.25, 0.3) is 0 Å². The van der Waals surface area contributed by atoms with Gasteiger partial charge in [-0.2, -0.15) is 0 Å². The molecule has 0 saturated carbocycles. The molecule has 0 aliphatic carbocycles. The average Bonchev–Trinajstić information content (AvgIpc) is 2.40. The molecule has 2 rings (SSSR count). The van der Waals surface area contributed by atoms with E-state index in [9.17, 15) is 9.90 Å². The second-order valence-corrected chi connectivity index (χ2v) is 4.65. The SMILES string of the molecule is Cc1ccc(O)c(C(=O)CCN2CCOCC2)c1. The minimum absolute atomic E-state index is 0.00249. The highest BCUT2D eigenvalue weighted by Crippen LogP contribution is 2.20. The topological polar surface area (TPSA) is 49.8 Å². The lowest BCUT2D eigenvalue weighted by Gasteiger charge is -2.26. The zero-order chi connectivity index (χ0) is 13.0. The summed E-state index contributed by atoms with van der Waals surface area (Å²) in [6, 6.07) is 5.13. The fourth-order valence-electron chi connectivity index (χ4n) is 2.09. The van der Waals surface area contributed by atoms with Crippen molar-refractivity contribution in [1.82, 2.24) is 4.90 Å². The van der Waals surface area contributed by atoms with Gasteiger partial charge in [-0.25, -0.2) is 0 Å². The molecule has 1 aromatic rings. The van der Waals surface area contributed by atoms with Gasteiger partial charge in [-0.3, -0.25) is 9.69 Å². The smallest absolute Gasteiger partial charge is 0.167 e. The summed E-state index contributed by atoms with van der Waals surface area (Å²) in [5.74, 6) is 0.0790. The third-order valence-corrected chi connectivity index (χ3v) is 3.21. The Kier molecular flexibility index (Phi) is 4.33. The highest BCUT2D eigenvalue weighted by Gasteiger charge is 2.15. The average molecular weight is 249 g/mol. The van der Waals surface area contributed by atoms with Crippen LogP contribution in [0, 0.1) is 6.92 Å². The molecule has 1 aliphatic heterocycles. The third-order valence-electron chi connectivity index (χ3n) is 3.21. The molecule has 0 unspecified atom stereocenters. The van der Waals surface area contributed by atoms with Crippen molar-refractivity contribution in [3.63, 3.8) is 0 Å². The van der Waals surface area contributed by atoms with Gasteiger partial charge in [-0.15, -0.1) is 0 Å². The van der Waals surface area contributed by atoms with Crippen LogP contribution >= 0.6 is 0 Å². The Labute approximate surface area is 107 Å². The van der Waals surface area contributed by atoms with E-state index in [4.69, 9.17) is 4.74 Å². The molecular formula is C14H19NO3. The molecule has 1 aliphatic rings. The number of aryl methyl sites for hydroxylation is 1. The van der Waals surface area contributed by atoms with Crippen molar-refractivity contribution in [1.29, 1.82) is 0 Å². The molecule has 1 saturated heterocycles. The maximum absolute atomic E-state index is 12.0. The monoisotopic (exact) mass is 249 g/mol. The van der Waals surface area contributed by atoms with Crippen LogP contribution in [0.15, 0.2) is 18.2 Å². The molecule has 0 atom stereocenters. The van der Waals surface area contributed by atoms with Gasteiger partial charge >= 0.3 is 0 Å². The lowest BCUT2D eigenvalue weighted by atomic mass is 10.0. The predicted octanol–water partition coefficient (Wildman–Crippen LogP) is 1.61. The molecule has 1 fully saturated rings. The minimum Gasteiger partial charge on any atom is -0.507 e. The quantitative estimate of drug-likeness (QED) is 0.824. The maximum atomic E-state index is 12.0. The standard InChI is InChI=1S/C14H19NO3/c1-11-2-3-13(16)12(10-11)14(17)4-5-15-6-8-18-9-7-15/h2-3,10,16H,4-9H2,1H3. The summed E-state index contributed by atoms with van der Waals surface area (Å²) in [6.45, 7) is 5.89. The van der Waals surface area contributed by atoms with Crippen LogP contribution in [0.1, 0.15) is 22.3 Å². The Balaban J connectivity index is 1.92. The molecule has 0 spiro atoms. The van der Waals surface area contributed by atoms with Crippen molar-refractivity contribution in [2.45, 2.75) is 13.3 Å². The number of morpholine rings is 1. The van der Waals surface area contributed by atoms with E-state index < -0.39 is 0 Å². The van der Waals surface area contributed by atoms with Gasteiger partial charge < -0.3 is 9.84 Å². The van der Waals surface area contributed by atoms with E-state index in [1.165, 1.54) is 0 Å². The van der Waals surface area contributed by atoms with Crippen LogP contribution in [0.2, 0.25) is 0 Å². The summed E-state index contributed by atoms with van der Waals surface area (Å²) in [5.41, 5.74) is 1.42. The van der Waals surface area contributed by atoms with Crippen LogP contribution in [-0.2, 0) is 4.74 Å². The van der Waals surface area contributed by atoms with E-state index in [1.807, 2.05) is 6.92 Å². The highest BCUT2D eigenvalue weighted by atomic mass is 16.5. The van der Waals surface area contributed by atoms with Gasteiger partial charge in [0.05, 0.1) is 18.8 Å². The normalized spacial score (nSPS) is 16.7. The van der Waals surface area contributed by atoms with E-state index >= 15 is 0 Å². The predicted molar refractivity (Wildman–Crippen MR) is 69.1 cm³/mol. The molecule has 1 heterocycles. The summed E-state index contributed by atoms with van der Waals surface area (Å²) in [4.78, 5) is 14.3. The molecule has 0 bridgehead atoms. The maximum Gasteiger partial charge on any atom is 0.167 e. The lowest BCUT2D eigenvalue weighted by Crippen LogP contribution is -2.37. The number of carbonyl (C=O) groups excluding carboxylic acids is 1. The van der Waals surface area contributed by atoms with Crippen LogP contribution in [0.5, 0.6) is 5.75 Å². The molecule has 4 nitrogen and oxygen atoms in total. The Hall–Kier alpha value is -1.39. The van der Waals surface area contributed by atoms with Crippen molar-refractivity contribution in [3.05, 3.63) is 29.3 Å². The van der Waals surface area contributed by atoms with Crippen molar-refractivity contribution < 1.29 is 14.6 Å². The van der Waals surface area contributed by atoms with Crippen LogP contribution in [0.3, 0.4) is 0 Å². The number of nitrogens with zero attached hydrogens (tertiary/aromatic N) is 1. The number of Topliss-reactive ketones (excluding diaryl/α,β-unsaturated/α-hetero) is 1. The van der Waals surface area contributed by atoms with E-state index in [2.05, 4.69) is 4.90 Å².